The molecule has 20 heavy (non-hydrogen) atoms. The van der Waals surface area contributed by atoms with Crippen molar-refractivity contribution in [3.8, 4) is 0 Å². The SMILES string of the molecule is CN1CCC(CCNc2cc(Cl)ccc2[N+](=O)[O-])CC1. The van der Waals surface area contributed by atoms with Crippen molar-refractivity contribution in [3.63, 3.8) is 0 Å². The molecule has 6 heteroatoms. The van der Waals surface area contributed by atoms with Crippen LogP contribution in [-0.4, -0.2) is 36.5 Å². The third-order valence-electron chi connectivity index (χ3n) is 3.86. The lowest BCUT2D eigenvalue weighted by atomic mass is 9.94. The Balaban J connectivity index is 1.87. The van der Waals surface area contributed by atoms with Crippen molar-refractivity contribution < 1.29 is 4.92 Å². The molecule has 1 aromatic rings. The van der Waals surface area contributed by atoms with E-state index in [2.05, 4.69) is 17.3 Å². The fourth-order valence-electron chi connectivity index (χ4n) is 2.57. The minimum Gasteiger partial charge on any atom is -0.379 e. The van der Waals surface area contributed by atoms with Gasteiger partial charge in [0.2, 0.25) is 0 Å². The van der Waals surface area contributed by atoms with E-state index in [9.17, 15) is 10.1 Å². The van der Waals surface area contributed by atoms with Gasteiger partial charge >= 0.3 is 0 Å². The monoisotopic (exact) mass is 297 g/mol. The van der Waals surface area contributed by atoms with Crippen LogP contribution in [0.1, 0.15) is 19.3 Å². The Labute approximate surface area is 124 Å². The van der Waals surface area contributed by atoms with Crippen molar-refractivity contribution in [1.82, 2.24) is 4.90 Å². The zero-order valence-electron chi connectivity index (χ0n) is 11.6. The third kappa shape index (κ3) is 4.08. The van der Waals surface area contributed by atoms with E-state index in [-0.39, 0.29) is 10.6 Å². The fourth-order valence-corrected chi connectivity index (χ4v) is 2.74. The predicted molar refractivity (Wildman–Crippen MR) is 81.4 cm³/mol. The summed E-state index contributed by atoms with van der Waals surface area (Å²) in [5, 5.41) is 14.6. The van der Waals surface area contributed by atoms with Crippen molar-refractivity contribution in [1.29, 1.82) is 0 Å². The lowest BCUT2D eigenvalue weighted by Crippen LogP contribution is -2.30. The van der Waals surface area contributed by atoms with Gasteiger partial charge in [-0.05, 0) is 57.5 Å². The lowest BCUT2D eigenvalue weighted by Gasteiger charge is -2.28. The normalized spacial score (nSPS) is 17.1. The summed E-state index contributed by atoms with van der Waals surface area (Å²) < 4.78 is 0. The number of benzene rings is 1. The van der Waals surface area contributed by atoms with Gasteiger partial charge in [0.1, 0.15) is 5.69 Å². The minimum atomic E-state index is -0.381. The summed E-state index contributed by atoms with van der Waals surface area (Å²) in [5.74, 6) is 0.706. The predicted octanol–water partition coefficient (Wildman–Crippen LogP) is 3.39. The molecule has 1 N–H and O–H groups in total. The molecule has 0 bridgehead atoms. The Morgan fingerprint density at radius 2 is 2.15 bits per heavy atom. The number of nitrogens with zero attached hydrogens (tertiary/aromatic N) is 2. The highest BCUT2D eigenvalue weighted by Gasteiger charge is 2.17. The van der Waals surface area contributed by atoms with Crippen LogP contribution in [0.4, 0.5) is 11.4 Å². The molecule has 1 fully saturated rings. The number of anilines is 1. The molecule has 0 saturated carbocycles. The van der Waals surface area contributed by atoms with Crippen LogP contribution in [0.5, 0.6) is 0 Å². The van der Waals surface area contributed by atoms with Crippen LogP contribution < -0.4 is 5.32 Å². The number of nitro groups is 1. The number of halogens is 1. The molecule has 0 aliphatic carbocycles. The van der Waals surface area contributed by atoms with E-state index in [4.69, 9.17) is 11.6 Å². The van der Waals surface area contributed by atoms with Crippen LogP contribution in [-0.2, 0) is 0 Å². The summed E-state index contributed by atoms with van der Waals surface area (Å²) in [4.78, 5) is 12.9. The first-order valence-corrected chi connectivity index (χ1v) is 7.30. The zero-order valence-corrected chi connectivity index (χ0v) is 12.4. The largest absolute Gasteiger partial charge is 0.379 e. The second-order valence-corrected chi connectivity index (χ2v) is 5.82. The average Bonchev–Trinajstić information content (AvgIpc) is 2.41. The standard InChI is InChI=1S/C14H20ClN3O2/c1-17-8-5-11(6-9-17)4-7-16-13-10-12(15)2-3-14(13)18(19)20/h2-3,10-11,16H,4-9H2,1H3. The molecule has 5 nitrogen and oxygen atoms in total. The van der Waals surface area contributed by atoms with E-state index in [0.717, 1.165) is 26.1 Å². The van der Waals surface area contributed by atoms with Crippen LogP contribution in [0, 0.1) is 16.0 Å². The van der Waals surface area contributed by atoms with E-state index < -0.39 is 0 Å². The van der Waals surface area contributed by atoms with Crippen molar-refractivity contribution in [2.24, 2.45) is 5.92 Å². The molecule has 1 aromatic carbocycles. The van der Waals surface area contributed by atoms with E-state index >= 15 is 0 Å². The molecule has 0 spiro atoms. The quantitative estimate of drug-likeness (QED) is 0.668. The smallest absolute Gasteiger partial charge is 0.292 e. The highest BCUT2D eigenvalue weighted by Crippen LogP contribution is 2.28. The summed E-state index contributed by atoms with van der Waals surface area (Å²) in [6.07, 6.45) is 3.45. The maximum absolute atomic E-state index is 11.0. The molecule has 0 amide bonds. The summed E-state index contributed by atoms with van der Waals surface area (Å²) in [6.45, 7) is 3.03. The Morgan fingerprint density at radius 3 is 2.80 bits per heavy atom. The lowest BCUT2D eigenvalue weighted by molar-refractivity contribution is -0.384. The van der Waals surface area contributed by atoms with Crippen LogP contribution in [0.3, 0.4) is 0 Å². The number of rotatable bonds is 5. The van der Waals surface area contributed by atoms with Gasteiger partial charge in [0.25, 0.3) is 5.69 Å². The van der Waals surface area contributed by atoms with Crippen molar-refractivity contribution in [3.05, 3.63) is 33.3 Å². The number of nitrogens with one attached hydrogen (secondary N) is 1. The summed E-state index contributed by atoms with van der Waals surface area (Å²) in [5.41, 5.74) is 0.591. The zero-order chi connectivity index (χ0) is 14.5. The summed E-state index contributed by atoms with van der Waals surface area (Å²) in [6, 6.07) is 4.61. The first kappa shape index (κ1) is 15.1. The van der Waals surface area contributed by atoms with E-state index in [0.29, 0.717) is 16.6 Å². The molecular weight excluding hydrogens is 278 g/mol. The van der Waals surface area contributed by atoms with Crippen LogP contribution in [0.25, 0.3) is 0 Å². The molecule has 0 atom stereocenters. The van der Waals surface area contributed by atoms with Gasteiger partial charge in [-0.25, -0.2) is 0 Å². The van der Waals surface area contributed by atoms with Crippen molar-refractivity contribution in [2.45, 2.75) is 19.3 Å². The van der Waals surface area contributed by atoms with Gasteiger partial charge in [-0.1, -0.05) is 11.6 Å². The fraction of sp³-hybridized carbons (Fsp3) is 0.571. The Bertz CT molecular complexity index is 473. The van der Waals surface area contributed by atoms with E-state index in [1.807, 2.05) is 0 Å². The molecule has 1 heterocycles. The average molecular weight is 298 g/mol. The minimum absolute atomic E-state index is 0.0813. The van der Waals surface area contributed by atoms with Gasteiger partial charge < -0.3 is 10.2 Å². The summed E-state index contributed by atoms with van der Waals surface area (Å²) in [7, 11) is 2.14. The van der Waals surface area contributed by atoms with Crippen molar-refractivity contribution in [2.75, 3.05) is 32.0 Å². The molecule has 2 rings (SSSR count). The van der Waals surface area contributed by atoms with Crippen molar-refractivity contribution >= 4 is 23.0 Å². The van der Waals surface area contributed by atoms with Crippen LogP contribution >= 0.6 is 11.6 Å². The van der Waals surface area contributed by atoms with Crippen LogP contribution in [0.2, 0.25) is 5.02 Å². The molecule has 0 radical (unpaired) electrons. The second kappa shape index (κ2) is 6.90. The Hall–Kier alpha value is -1.33. The van der Waals surface area contributed by atoms with E-state index in [1.54, 1.807) is 12.1 Å². The maximum Gasteiger partial charge on any atom is 0.292 e. The second-order valence-electron chi connectivity index (χ2n) is 5.38. The first-order valence-electron chi connectivity index (χ1n) is 6.92. The molecule has 110 valence electrons. The number of piperidine rings is 1. The molecular formula is C14H20ClN3O2. The first-order chi connectivity index (χ1) is 9.56. The molecule has 1 saturated heterocycles. The maximum atomic E-state index is 11.0. The molecule has 0 unspecified atom stereocenters. The topological polar surface area (TPSA) is 58.4 Å². The Morgan fingerprint density at radius 1 is 1.45 bits per heavy atom. The van der Waals surface area contributed by atoms with Gasteiger partial charge in [0, 0.05) is 17.6 Å². The molecule has 1 aliphatic heterocycles. The van der Waals surface area contributed by atoms with E-state index in [1.165, 1.54) is 18.9 Å². The van der Waals surface area contributed by atoms with Gasteiger partial charge in [-0.2, -0.15) is 0 Å². The number of nitro benzene ring substituents is 1. The van der Waals surface area contributed by atoms with Crippen LogP contribution in [0.15, 0.2) is 18.2 Å². The molecule has 1 aliphatic rings. The number of hydrogen-bond donors (Lipinski definition) is 1. The highest BCUT2D eigenvalue weighted by atomic mass is 35.5. The Kier molecular flexibility index (Phi) is 5.20. The van der Waals surface area contributed by atoms with Gasteiger partial charge in [-0.3, -0.25) is 10.1 Å². The highest BCUT2D eigenvalue weighted by molar-refractivity contribution is 6.31. The summed E-state index contributed by atoms with van der Waals surface area (Å²) >= 11 is 5.90. The third-order valence-corrected chi connectivity index (χ3v) is 4.10. The van der Waals surface area contributed by atoms with Gasteiger partial charge in [0.15, 0.2) is 0 Å². The van der Waals surface area contributed by atoms with Gasteiger partial charge in [0.05, 0.1) is 4.92 Å². The van der Waals surface area contributed by atoms with Gasteiger partial charge in [-0.15, -0.1) is 0 Å². The number of likely N-dealkylation sites (tertiary alicyclic amines) is 1. The number of hydrogen-bond acceptors (Lipinski definition) is 4. The molecule has 0 aromatic heterocycles.